The van der Waals surface area contributed by atoms with Gasteiger partial charge in [-0.2, -0.15) is 0 Å². The van der Waals surface area contributed by atoms with E-state index >= 15 is 0 Å². The van der Waals surface area contributed by atoms with Crippen LogP contribution in [-0.4, -0.2) is 12.5 Å². The molecule has 0 aliphatic heterocycles. The lowest BCUT2D eigenvalue weighted by Gasteiger charge is -1.97. The Morgan fingerprint density at radius 3 is 2.90 bits per heavy atom. The van der Waals surface area contributed by atoms with Crippen LogP contribution in [0.3, 0.4) is 0 Å². The zero-order valence-electron chi connectivity index (χ0n) is 5.75. The van der Waals surface area contributed by atoms with Crippen LogP contribution in [0, 0.1) is 0 Å². The van der Waals surface area contributed by atoms with Crippen molar-refractivity contribution in [2.45, 2.75) is 6.54 Å². The highest BCUT2D eigenvalue weighted by Gasteiger charge is 1.92. The van der Waals surface area contributed by atoms with Crippen molar-refractivity contribution in [3.63, 3.8) is 0 Å². The molecule has 0 aliphatic rings. The molecule has 0 fully saturated rings. The first-order valence-corrected chi connectivity index (χ1v) is 3.25. The van der Waals surface area contributed by atoms with Gasteiger partial charge < -0.3 is 10.8 Å². The van der Waals surface area contributed by atoms with Gasteiger partial charge in [0.1, 0.15) is 0 Å². The minimum atomic E-state index is 0.0911. The molecule has 0 atom stereocenters. The normalized spacial score (nSPS) is 9.40. The average molecular weight is 135 g/mol. The zero-order chi connectivity index (χ0) is 7.40. The van der Waals surface area contributed by atoms with Gasteiger partial charge in [-0.05, 0) is 5.56 Å². The van der Waals surface area contributed by atoms with Crippen LogP contribution in [0.2, 0.25) is 0 Å². The third kappa shape index (κ3) is 1.59. The van der Waals surface area contributed by atoms with E-state index in [1.807, 2.05) is 24.3 Å². The Morgan fingerprint density at radius 2 is 2.30 bits per heavy atom. The molecule has 1 rings (SSSR count). The summed E-state index contributed by atoms with van der Waals surface area (Å²) in [7, 11) is 0.0911. The lowest BCUT2D eigenvalue weighted by Crippen LogP contribution is -2.14. The minimum absolute atomic E-state index is 0.0911. The number of benzene rings is 1. The summed E-state index contributed by atoms with van der Waals surface area (Å²) in [4.78, 5) is 0. The summed E-state index contributed by atoms with van der Waals surface area (Å²) in [5.74, 6) is 0. The van der Waals surface area contributed by atoms with Crippen molar-refractivity contribution in [3.8, 4) is 0 Å². The zero-order valence-corrected chi connectivity index (χ0v) is 5.75. The molecule has 52 valence electrons. The van der Waals surface area contributed by atoms with Gasteiger partial charge in [0, 0.05) is 6.54 Å². The summed E-state index contributed by atoms with van der Waals surface area (Å²) in [5, 5.41) is 8.72. The number of hydrogen-bond acceptors (Lipinski definition) is 2. The van der Waals surface area contributed by atoms with Gasteiger partial charge in [-0.1, -0.05) is 29.7 Å². The molecule has 1 aromatic carbocycles. The van der Waals surface area contributed by atoms with Gasteiger partial charge in [-0.25, -0.2) is 0 Å². The fraction of sp³-hybridized carbons (Fsp3) is 0.143. The summed E-state index contributed by atoms with van der Waals surface area (Å²) in [5.41, 5.74) is 7.37. The van der Waals surface area contributed by atoms with Crippen LogP contribution in [0.5, 0.6) is 0 Å². The van der Waals surface area contributed by atoms with E-state index < -0.39 is 0 Å². The summed E-state index contributed by atoms with van der Waals surface area (Å²) < 4.78 is 0. The van der Waals surface area contributed by atoms with Crippen molar-refractivity contribution < 1.29 is 5.02 Å². The van der Waals surface area contributed by atoms with Crippen LogP contribution in [-0.2, 0) is 6.54 Å². The third-order valence-electron chi connectivity index (χ3n) is 1.41. The molecule has 0 spiro atoms. The van der Waals surface area contributed by atoms with Gasteiger partial charge in [0.05, 0.1) is 0 Å². The molecule has 0 amide bonds. The molecule has 10 heavy (non-hydrogen) atoms. The highest BCUT2D eigenvalue weighted by Crippen LogP contribution is 1.92. The maximum Gasteiger partial charge on any atom is 0.304 e. The smallest absolute Gasteiger partial charge is 0.304 e. The first kappa shape index (κ1) is 7.31. The second-order valence-electron chi connectivity index (χ2n) is 2.18. The minimum Gasteiger partial charge on any atom is -0.449 e. The van der Waals surface area contributed by atoms with Crippen molar-refractivity contribution in [1.29, 1.82) is 0 Å². The molecular formula is C7H10BNO. The lowest BCUT2D eigenvalue weighted by atomic mass is 9.88. The van der Waals surface area contributed by atoms with Gasteiger partial charge in [-0.15, -0.1) is 0 Å². The van der Waals surface area contributed by atoms with Gasteiger partial charge in [0.25, 0.3) is 0 Å². The third-order valence-corrected chi connectivity index (χ3v) is 1.41. The quantitative estimate of drug-likeness (QED) is 0.517. The first-order chi connectivity index (χ1) is 4.86. The molecule has 1 aromatic rings. The maximum absolute atomic E-state index is 8.72. The number of rotatable bonds is 2. The van der Waals surface area contributed by atoms with Crippen molar-refractivity contribution >= 4 is 12.9 Å². The summed E-state index contributed by atoms with van der Waals surface area (Å²) >= 11 is 0. The molecule has 0 aliphatic carbocycles. The Morgan fingerprint density at radius 1 is 1.50 bits per heavy atom. The topological polar surface area (TPSA) is 46.2 Å². The number of nitrogens with two attached hydrogens (primary N) is 1. The molecule has 2 nitrogen and oxygen atoms in total. The van der Waals surface area contributed by atoms with Crippen molar-refractivity contribution in [3.05, 3.63) is 29.8 Å². The number of hydrogen-bond donors (Lipinski definition) is 2. The summed E-state index contributed by atoms with van der Waals surface area (Å²) in [6.45, 7) is 0.536. The van der Waals surface area contributed by atoms with E-state index in [2.05, 4.69) is 0 Å². The Labute approximate surface area is 61.0 Å². The molecule has 0 heterocycles. The molecule has 0 unspecified atom stereocenters. The van der Waals surface area contributed by atoms with Crippen LogP contribution in [0.15, 0.2) is 24.3 Å². The van der Waals surface area contributed by atoms with Crippen molar-refractivity contribution in [2.75, 3.05) is 0 Å². The molecule has 0 bridgehead atoms. The molecule has 0 radical (unpaired) electrons. The first-order valence-electron chi connectivity index (χ1n) is 3.25. The van der Waals surface area contributed by atoms with Crippen molar-refractivity contribution in [1.82, 2.24) is 0 Å². The second-order valence-corrected chi connectivity index (χ2v) is 2.18. The van der Waals surface area contributed by atoms with E-state index in [-0.39, 0.29) is 7.48 Å². The molecule has 0 saturated heterocycles. The van der Waals surface area contributed by atoms with Gasteiger partial charge in [0.2, 0.25) is 0 Å². The molecule has 0 saturated carbocycles. The highest BCUT2D eigenvalue weighted by atomic mass is 16.2. The van der Waals surface area contributed by atoms with E-state index in [0.717, 1.165) is 11.0 Å². The second kappa shape index (κ2) is 3.39. The molecule has 3 heteroatoms. The van der Waals surface area contributed by atoms with Gasteiger partial charge >= 0.3 is 7.48 Å². The van der Waals surface area contributed by atoms with Crippen LogP contribution in [0.4, 0.5) is 0 Å². The molecule has 3 N–H and O–H groups in total. The SMILES string of the molecule is NCc1cccc(BO)c1. The van der Waals surface area contributed by atoms with Gasteiger partial charge in [-0.3, -0.25) is 0 Å². The van der Waals surface area contributed by atoms with Crippen LogP contribution >= 0.6 is 0 Å². The van der Waals surface area contributed by atoms with Crippen LogP contribution in [0.1, 0.15) is 5.56 Å². The largest absolute Gasteiger partial charge is 0.449 e. The van der Waals surface area contributed by atoms with Crippen LogP contribution in [0.25, 0.3) is 0 Å². The maximum atomic E-state index is 8.72. The predicted molar refractivity (Wildman–Crippen MR) is 43.3 cm³/mol. The Kier molecular flexibility index (Phi) is 2.48. The van der Waals surface area contributed by atoms with E-state index in [0.29, 0.717) is 6.54 Å². The predicted octanol–water partition coefficient (Wildman–Crippen LogP) is -0.886. The summed E-state index contributed by atoms with van der Waals surface area (Å²) in [6, 6.07) is 7.62. The Hall–Kier alpha value is -0.795. The van der Waals surface area contributed by atoms with E-state index in [4.69, 9.17) is 10.8 Å². The Bertz CT molecular complexity index is 195. The Balaban J connectivity index is 2.87. The monoisotopic (exact) mass is 135 g/mol. The lowest BCUT2D eigenvalue weighted by molar-refractivity contribution is 0.615. The molecule has 0 aromatic heterocycles. The van der Waals surface area contributed by atoms with Crippen molar-refractivity contribution in [2.24, 2.45) is 5.73 Å². The van der Waals surface area contributed by atoms with E-state index in [1.54, 1.807) is 0 Å². The fourth-order valence-electron chi connectivity index (χ4n) is 0.855. The highest BCUT2D eigenvalue weighted by molar-refractivity contribution is 6.45. The fourth-order valence-corrected chi connectivity index (χ4v) is 0.855. The summed E-state index contributed by atoms with van der Waals surface area (Å²) in [6.07, 6.45) is 0. The molecular weight excluding hydrogens is 125 g/mol. The van der Waals surface area contributed by atoms with E-state index in [9.17, 15) is 0 Å². The van der Waals surface area contributed by atoms with Gasteiger partial charge in [0.15, 0.2) is 0 Å². The van der Waals surface area contributed by atoms with Crippen LogP contribution < -0.4 is 11.2 Å². The average Bonchev–Trinajstić information content (AvgIpc) is 2.05. The van der Waals surface area contributed by atoms with E-state index in [1.165, 1.54) is 0 Å². The standard InChI is InChI=1S/C7H10BNO/c9-5-6-2-1-3-7(4-6)8-10/h1-4,8,10H,5,9H2.